The molecule has 13 heteroatoms. The van der Waals surface area contributed by atoms with Gasteiger partial charge in [-0.05, 0) is 114 Å². The number of aliphatic hydroxyl groups is 7. The standard InChI is InChI=1S/C41H62O13/c1-36(2)19(31-28(46)27(45)29(47)32(53-31)33(49)50)9-11-38(4)22(36)10-12-39(5)23(38)8-7-18-20-15-37(3)13-14-41(20,24(37)16-40(18,39)6)35(51)54-34-30(48)26(44)25(43)21(17-42)52-34/h7,19-32,34,42-48H,8-17H2,1-6H3,(H,49,50)/t19-,20+,21-,22+,23-,24+,25-,26+,27-,28-,29+,30-,31+,32+,34+,37+,38+,39-,40-,41-/m1/s1. The molecule has 7 fully saturated rings. The van der Waals surface area contributed by atoms with Crippen molar-refractivity contribution in [2.45, 2.75) is 161 Å². The number of rotatable bonds is 5. The zero-order chi connectivity index (χ0) is 39.3. The Balaban J connectivity index is 1.09. The number of carbonyl (C=O) groups excluding carboxylic acids is 1. The van der Waals surface area contributed by atoms with E-state index in [1.165, 1.54) is 5.57 Å². The summed E-state index contributed by atoms with van der Waals surface area (Å²) in [5.74, 6) is -1.54. The number of allylic oxidation sites excluding steroid dienone is 2. The maximum absolute atomic E-state index is 14.6. The number of ether oxygens (including phenoxy) is 3. The van der Waals surface area contributed by atoms with E-state index >= 15 is 0 Å². The predicted octanol–water partition coefficient (Wildman–Crippen LogP) is 1.90. The highest BCUT2D eigenvalue weighted by molar-refractivity contribution is 5.81. The summed E-state index contributed by atoms with van der Waals surface area (Å²) in [5, 5.41) is 83.3. The average Bonchev–Trinajstić information content (AvgIpc) is 3.48. The minimum Gasteiger partial charge on any atom is -0.479 e. The molecule has 8 N–H and O–H groups in total. The van der Waals surface area contributed by atoms with Crippen molar-refractivity contribution in [3.8, 4) is 0 Å². The Labute approximate surface area is 317 Å². The third-order valence-corrected chi connectivity index (χ3v) is 18.2. The fourth-order valence-electron chi connectivity index (χ4n) is 15.2. The summed E-state index contributed by atoms with van der Waals surface area (Å²) >= 11 is 0. The van der Waals surface area contributed by atoms with Crippen LogP contribution in [0.5, 0.6) is 0 Å². The van der Waals surface area contributed by atoms with Crippen molar-refractivity contribution in [1.82, 2.24) is 0 Å². The van der Waals surface area contributed by atoms with Crippen LogP contribution in [-0.2, 0) is 23.8 Å². The van der Waals surface area contributed by atoms with Crippen molar-refractivity contribution >= 4 is 11.9 Å². The van der Waals surface area contributed by atoms with Gasteiger partial charge in [-0.15, -0.1) is 0 Å². The van der Waals surface area contributed by atoms with E-state index in [9.17, 15) is 50.4 Å². The molecule has 0 radical (unpaired) electrons. The number of fused-ring (bicyclic) bond motifs is 6. The van der Waals surface area contributed by atoms with Crippen LogP contribution in [0.3, 0.4) is 0 Å². The van der Waals surface area contributed by atoms with E-state index < -0.39 is 85.2 Å². The summed E-state index contributed by atoms with van der Waals surface area (Å²) in [7, 11) is 0. The van der Waals surface area contributed by atoms with Gasteiger partial charge in [-0.3, -0.25) is 4.79 Å². The SMILES string of the molecule is CC1(C)[C@@H]([C@@H]2O[C@H](C(=O)O)[C@@H](O)[C@H](O)[C@H]2O)CC[C@]2(C)[C@H]3CC=C4[C@@H]5C[C@]6(C)CC[C@]5(C(=O)O[C@@H]5O[C@H](CO)[C@@H](O)[C@H](O)[C@H]5O)[C@H]6C[C@@]4(C)[C@]3(C)CC[C@@H]12. The number of carboxylic acid groups (broad SMARTS) is 1. The first-order valence-electron chi connectivity index (χ1n) is 20.3. The lowest BCUT2D eigenvalue weighted by Crippen LogP contribution is -2.67. The molecular weight excluding hydrogens is 700 g/mol. The second-order valence-corrected chi connectivity index (χ2v) is 20.4. The molecule has 0 aromatic carbocycles. The van der Waals surface area contributed by atoms with Crippen LogP contribution >= 0.6 is 0 Å². The minimum atomic E-state index is -1.72. The van der Waals surface area contributed by atoms with Gasteiger partial charge in [0.25, 0.3) is 0 Å². The maximum atomic E-state index is 14.6. The summed E-state index contributed by atoms with van der Waals surface area (Å²) in [6.07, 6.45) is -4.97. The molecule has 304 valence electrons. The van der Waals surface area contributed by atoms with Gasteiger partial charge in [0.05, 0.1) is 18.1 Å². The molecule has 54 heavy (non-hydrogen) atoms. The summed E-state index contributed by atoms with van der Waals surface area (Å²) in [6.45, 7) is 13.4. The Hall–Kier alpha value is -1.68. The molecular formula is C41H62O13. The van der Waals surface area contributed by atoms with Crippen molar-refractivity contribution in [2.75, 3.05) is 6.61 Å². The molecule has 5 saturated carbocycles. The molecule has 2 saturated heterocycles. The van der Waals surface area contributed by atoms with Gasteiger partial charge in [0, 0.05) is 0 Å². The fraction of sp³-hybridized carbons (Fsp3) is 0.902. The predicted molar refractivity (Wildman–Crippen MR) is 190 cm³/mol. The zero-order valence-corrected chi connectivity index (χ0v) is 32.4. The van der Waals surface area contributed by atoms with Crippen LogP contribution in [0.4, 0.5) is 0 Å². The topological polar surface area (TPSA) is 224 Å². The van der Waals surface area contributed by atoms with Crippen LogP contribution in [0, 0.1) is 62.1 Å². The van der Waals surface area contributed by atoms with Crippen molar-refractivity contribution in [3.63, 3.8) is 0 Å². The van der Waals surface area contributed by atoms with Gasteiger partial charge < -0.3 is 55.1 Å². The Morgan fingerprint density at radius 3 is 2.13 bits per heavy atom. The van der Waals surface area contributed by atoms with Crippen molar-refractivity contribution in [2.24, 2.45) is 62.1 Å². The highest BCUT2D eigenvalue weighted by Gasteiger charge is 2.78. The van der Waals surface area contributed by atoms with Crippen LogP contribution in [0.2, 0.25) is 0 Å². The molecule has 0 spiro atoms. The van der Waals surface area contributed by atoms with Gasteiger partial charge >= 0.3 is 11.9 Å². The highest BCUT2D eigenvalue weighted by Crippen LogP contribution is 2.82. The van der Waals surface area contributed by atoms with E-state index in [1.54, 1.807) is 0 Å². The van der Waals surface area contributed by atoms with Crippen LogP contribution in [0.25, 0.3) is 0 Å². The number of carbonyl (C=O) groups is 2. The number of aliphatic carboxylic acids is 1. The summed E-state index contributed by atoms with van der Waals surface area (Å²) in [4.78, 5) is 26.6. The summed E-state index contributed by atoms with van der Waals surface area (Å²) < 4.78 is 17.6. The molecule has 0 unspecified atom stereocenters. The molecule has 0 amide bonds. The molecule has 8 rings (SSSR count). The van der Waals surface area contributed by atoms with Gasteiger partial charge in [-0.2, -0.15) is 0 Å². The van der Waals surface area contributed by atoms with Crippen molar-refractivity contribution in [1.29, 1.82) is 0 Å². The van der Waals surface area contributed by atoms with Crippen LogP contribution < -0.4 is 0 Å². The van der Waals surface area contributed by atoms with Crippen LogP contribution in [0.15, 0.2) is 11.6 Å². The normalized spacial score (nSPS) is 57.3. The Bertz CT molecular complexity index is 1580. The van der Waals surface area contributed by atoms with Gasteiger partial charge in [0.2, 0.25) is 6.29 Å². The van der Waals surface area contributed by atoms with Crippen molar-refractivity contribution < 1.29 is 64.7 Å². The van der Waals surface area contributed by atoms with Gasteiger partial charge in [-0.25, -0.2) is 4.79 Å². The first kappa shape index (κ1) is 39.2. The minimum absolute atomic E-state index is 0.0247. The van der Waals surface area contributed by atoms with E-state index in [0.29, 0.717) is 18.8 Å². The molecule has 2 aliphatic heterocycles. The monoisotopic (exact) mass is 762 g/mol. The lowest BCUT2D eigenvalue weighted by molar-refractivity contribution is -0.297. The number of hydrogen-bond acceptors (Lipinski definition) is 12. The molecule has 20 atom stereocenters. The smallest absolute Gasteiger partial charge is 0.335 e. The maximum Gasteiger partial charge on any atom is 0.335 e. The van der Waals surface area contributed by atoms with Gasteiger partial charge in [-0.1, -0.05) is 53.2 Å². The zero-order valence-electron chi connectivity index (χ0n) is 32.4. The number of esters is 1. The lowest BCUT2D eigenvalue weighted by atomic mass is 9.33. The Morgan fingerprint density at radius 2 is 1.46 bits per heavy atom. The number of carboxylic acids is 1. The Morgan fingerprint density at radius 1 is 0.778 bits per heavy atom. The van der Waals surface area contributed by atoms with Crippen molar-refractivity contribution in [3.05, 3.63) is 11.6 Å². The molecule has 0 aromatic heterocycles. The van der Waals surface area contributed by atoms with Gasteiger partial charge in [0.1, 0.15) is 42.7 Å². The molecule has 8 aliphatic rings. The largest absolute Gasteiger partial charge is 0.479 e. The molecule has 6 aliphatic carbocycles. The molecule has 4 bridgehead atoms. The molecule has 0 aromatic rings. The highest BCUT2D eigenvalue weighted by atomic mass is 16.7. The fourth-order valence-corrected chi connectivity index (χ4v) is 15.2. The van der Waals surface area contributed by atoms with Crippen LogP contribution in [-0.4, -0.2) is 121 Å². The van der Waals surface area contributed by atoms with E-state index in [2.05, 4.69) is 47.6 Å². The second-order valence-electron chi connectivity index (χ2n) is 20.4. The number of aliphatic hydroxyl groups excluding tert-OH is 7. The summed E-state index contributed by atoms with van der Waals surface area (Å²) in [6, 6.07) is 0. The average molecular weight is 763 g/mol. The molecule has 13 nitrogen and oxygen atoms in total. The van der Waals surface area contributed by atoms with Crippen LogP contribution in [0.1, 0.15) is 99.3 Å². The second kappa shape index (κ2) is 12.4. The third-order valence-electron chi connectivity index (χ3n) is 18.2. The third kappa shape index (κ3) is 4.82. The van der Waals surface area contributed by atoms with E-state index in [4.69, 9.17) is 14.2 Å². The first-order valence-corrected chi connectivity index (χ1v) is 20.3. The first-order chi connectivity index (χ1) is 25.1. The van der Waals surface area contributed by atoms with Gasteiger partial charge in [0.15, 0.2) is 6.10 Å². The summed E-state index contributed by atoms with van der Waals surface area (Å²) in [5.41, 5.74) is -0.343. The number of hydrogen-bond donors (Lipinski definition) is 8. The Kier molecular flexibility index (Phi) is 9.00. The quantitative estimate of drug-likeness (QED) is 0.148. The van der Waals surface area contributed by atoms with E-state index in [1.807, 2.05) is 0 Å². The lowest BCUT2D eigenvalue weighted by Gasteiger charge is -2.71. The van der Waals surface area contributed by atoms with E-state index in [-0.39, 0.29) is 50.7 Å². The molecule has 2 heterocycles. The van der Waals surface area contributed by atoms with E-state index in [0.717, 1.165) is 44.9 Å².